The van der Waals surface area contributed by atoms with Crippen LogP contribution in [0.3, 0.4) is 0 Å². The minimum atomic E-state index is -0.176. The van der Waals surface area contributed by atoms with E-state index in [0.29, 0.717) is 17.9 Å². The maximum absolute atomic E-state index is 12.4. The van der Waals surface area contributed by atoms with Crippen LogP contribution < -0.4 is 0 Å². The third kappa shape index (κ3) is 3.27. The van der Waals surface area contributed by atoms with Crippen molar-refractivity contribution in [1.82, 2.24) is 9.47 Å². The van der Waals surface area contributed by atoms with E-state index in [2.05, 4.69) is 54.8 Å². The SMILES string of the molecule is CC(C)Cn1cc2c3c(cccc31)C1CC(C(=O)OCCO)CN(C)C1C2. The van der Waals surface area contributed by atoms with Crippen molar-refractivity contribution in [2.75, 3.05) is 26.8 Å². The Balaban J connectivity index is 1.69. The number of ether oxygens (including phenoxy) is 1. The van der Waals surface area contributed by atoms with Crippen LogP contribution in [0.25, 0.3) is 10.9 Å². The molecule has 1 aliphatic carbocycles. The van der Waals surface area contributed by atoms with Crippen LogP contribution >= 0.6 is 0 Å². The minimum absolute atomic E-state index is 0.0882. The fraction of sp³-hybridized carbons (Fsp3) is 0.591. The van der Waals surface area contributed by atoms with Gasteiger partial charge in [-0.25, -0.2) is 0 Å². The molecule has 4 rings (SSSR count). The lowest BCUT2D eigenvalue weighted by Gasteiger charge is -2.44. The molecule has 1 N–H and O–H groups in total. The molecule has 0 spiro atoms. The van der Waals surface area contributed by atoms with Gasteiger partial charge >= 0.3 is 5.97 Å². The highest BCUT2D eigenvalue weighted by Crippen LogP contribution is 2.45. The number of aliphatic hydroxyl groups excluding tert-OH is 1. The van der Waals surface area contributed by atoms with Crippen LogP contribution in [0.2, 0.25) is 0 Å². The fourth-order valence-corrected chi connectivity index (χ4v) is 5.10. The zero-order chi connectivity index (χ0) is 19.1. The predicted octanol–water partition coefficient (Wildman–Crippen LogP) is 2.79. The van der Waals surface area contributed by atoms with E-state index in [1.54, 1.807) is 0 Å². The minimum Gasteiger partial charge on any atom is -0.463 e. The van der Waals surface area contributed by atoms with Crippen LogP contribution in [0, 0.1) is 11.8 Å². The molecule has 3 unspecified atom stereocenters. The van der Waals surface area contributed by atoms with E-state index in [-0.39, 0.29) is 25.1 Å². The molecule has 2 heterocycles. The Hall–Kier alpha value is -1.85. The highest BCUT2D eigenvalue weighted by atomic mass is 16.5. The number of hydrogen-bond acceptors (Lipinski definition) is 4. The van der Waals surface area contributed by atoms with E-state index in [9.17, 15) is 4.79 Å². The van der Waals surface area contributed by atoms with E-state index >= 15 is 0 Å². The maximum Gasteiger partial charge on any atom is 0.310 e. The van der Waals surface area contributed by atoms with Gasteiger partial charge in [-0.1, -0.05) is 26.0 Å². The van der Waals surface area contributed by atoms with Gasteiger partial charge in [0.1, 0.15) is 6.61 Å². The number of rotatable bonds is 5. The van der Waals surface area contributed by atoms with Crippen molar-refractivity contribution < 1.29 is 14.6 Å². The smallest absolute Gasteiger partial charge is 0.310 e. The summed E-state index contributed by atoms with van der Waals surface area (Å²) < 4.78 is 7.64. The summed E-state index contributed by atoms with van der Waals surface area (Å²) in [5.41, 5.74) is 4.14. The van der Waals surface area contributed by atoms with Crippen LogP contribution in [0.1, 0.15) is 37.3 Å². The van der Waals surface area contributed by atoms with E-state index in [0.717, 1.165) is 25.9 Å². The van der Waals surface area contributed by atoms with Crippen molar-refractivity contribution in [3.05, 3.63) is 35.5 Å². The summed E-state index contributed by atoms with van der Waals surface area (Å²) in [7, 11) is 2.12. The van der Waals surface area contributed by atoms with E-state index in [1.807, 2.05) is 0 Å². The predicted molar refractivity (Wildman–Crippen MR) is 106 cm³/mol. The topological polar surface area (TPSA) is 54.7 Å². The third-order valence-corrected chi connectivity index (χ3v) is 6.15. The van der Waals surface area contributed by atoms with Crippen LogP contribution in [0.5, 0.6) is 0 Å². The molecule has 0 bridgehead atoms. The summed E-state index contributed by atoms with van der Waals surface area (Å²) in [5, 5.41) is 10.3. The molecule has 0 saturated carbocycles. The average molecular weight is 370 g/mol. The molecule has 1 aromatic carbocycles. The first kappa shape index (κ1) is 18.5. The summed E-state index contributed by atoms with van der Waals surface area (Å²) in [5.74, 6) is 0.650. The van der Waals surface area contributed by atoms with Gasteiger partial charge in [-0.3, -0.25) is 4.79 Å². The second kappa shape index (κ2) is 7.28. The van der Waals surface area contributed by atoms with Crippen LogP contribution in [-0.2, 0) is 22.5 Å². The van der Waals surface area contributed by atoms with Gasteiger partial charge in [0.15, 0.2) is 0 Å². The number of carbonyl (C=O) groups excluding carboxylic acids is 1. The highest BCUT2D eigenvalue weighted by molar-refractivity contribution is 5.89. The highest BCUT2D eigenvalue weighted by Gasteiger charge is 2.42. The van der Waals surface area contributed by atoms with Gasteiger partial charge in [-0.2, -0.15) is 0 Å². The Morgan fingerprint density at radius 2 is 2.19 bits per heavy atom. The largest absolute Gasteiger partial charge is 0.463 e. The molecule has 1 saturated heterocycles. The summed E-state index contributed by atoms with van der Waals surface area (Å²) >= 11 is 0. The number of aromatic nitrogens is 1. The first-order chi connectivity index (χ1) is 13.0. The van der Waals surface area contributed by atoms with Crippen LogP contribution in [0.4, 0.5) is 0 Å². The molecule has 27 heavy (non-hydrogen) atoms. The Morgan fingerprint density at radius 3 is 2.93 bits per heavy atom. The zero-order valence-corrected chi connectivity index (χ0v) is 16.5. The number of likely N-dealkylation sites (N-methyl/N-ethyl adjacent to an activating group) is 1. The number of nitrogens with zero attached hydrogens (tertiary/aromatic N) is 2. The van der Waals surface area contributed by atoms with Gasteiger partial charge in [-0.15, -0.1) is 0 Å². The standard InChI is InChI=1S/C22H30N2O3/c1-14(2)11-24-13-15-10-20-18(17-5-4-6-19(24)21(15)17)9-16(12-23(20)3)22(26)27-8-7-25/h4-6,13-14,16,18,20,25H,7-12H2,1-3H3. The van der Waals surface area contributed by atoms with Crippen molar-refractivity contribution >= 4 is 16.9 Å². The molecule has 1 aliphatic heterocycles. The number of fused-ring (bicyclic) bond motifs is 2. The Labute approximate surface area is 160 Å². The van der Waals surface area contributed by atoms with Gasteiger partial charge in [-0.05, 0) is 43.0 Å². The summed E-state index contributed by atoms with van der Waals surface area (Å²) in [6, 6.07) is 7.07. The van der Waals surface area contributed by atoms with Gasteiger partial charge in [0.25, 0.3) is 0 Å². The Kier molecular flexibility index (Phi) is 4.99. The van der Waals surface area contributed by atoms with Gasteiger partial charge in [0.05, 0.1) is 12.5 Å². The molecule has 1 fully saturated rings. The normalized spacial score (nSPS) is 25.0. The Bertz CT molecular complexity index is 841. The number of hydrogen-bond donors (Lipinski definition) is 1. The molecule has 2 aliphatic rings. The van der Waals surface area contributed by atoms with Crippen molar-refractivity contribution in [2.45, 2.75) is 45.2 Å². The number of aliphatic hydroxyl groups is 1. The second-order valence-electron chi connectivity index (χ2n) is 8.58. The van der Waals surface area contributed by atoms with E-state index < -0.39 is 0 Å². The lowest BCUT2D eigenvalue weighted by atomic mass is 9.72. The molecule has 3 atom stereocenters. The third-order valence-electron chi connectivity index (χ3n) is 6.15. The first-order valence-corrected chi connectivity index (χ1v) is 10.1. The lowest BCUT2D eigenvalue weighted by Crippen LogP contribution is -2.49. The molecule has 146 valence electrons. The fourth-order valence-electron chi connectivity index (χ4n) is 5.10. The number of likely N-dealkylation sites (tertiary alicyclic amines) is 1. The second-order valence-corrected chi connectivity index (χ2v) is 8.58. The summed E-state index contributed by atoms with van der Waals surface area (Å²) in [4.78, 5) is 14.8. The quantitative estimate of drug-likeness (QED) is 0.823. The lowest BCUT2D eigenvalue weighted by molar-refractivity contribution is -0.152. The van der Waals surface area contributed by atoms with Gasteiger partial charge < -0.3 is 19.3 Å². The average Bonchev–Trinajstić information content (AvgIpc) is 2.98. The molecule has 2 aromatic rings. The van der Waals surface area contributed by atoms with Gasteiger partial charge in [0, 0.05) is 42.1 Å². The first-order valence-electron chi connectivity index (χ1n) is 10.1. The summed E-state index contributed by atoms with van der Waals surface area (Å²) in [6.07, 6.45) is 4.21. The zero-order valence-electron chi connectivity index (χ0n) is 16.5. The Morgan fingerprint density at radius 1 is 1.37 bits per heavy atom. The molecule has 0 amide bonds. The maximum atomic E-state index is 12.4. The van der Waals surface area contributed by atoms with Crippen LogP contribution in [-0.4, -0.2) is 53.4 Å². The summed E-state index contributed by atoms with van der Waals surface area (Å²) in [6.45, 7) is 6.23. The van der Waals surface area contributed by atoms with Crippen molar-refractivity contribution in [3.63, 3.8) is 0 Å². The molecular weight excluding hydrogens is 340 g/mol. The van der Waals surface area contributed by atoms with E-state index in [1.165, 1.54) is 22.0 Å². The molecule has 0 radical (unpaired) electrons. The van der Waals surface area contributed by atoms with Gasteiger partial charge in [0.2, 0.25) is 0 Å². The number of piperidine rings is 1. The van der Waals surface area contributed by atoms with Crippen molar-refractivity contribution in [1.29, 1.82) is 0 Å². The molecule has 5 nitrogen and oxygen atoms in total. The molecular formula is C22H30N2O3. The number of carbonyl (C=O) groups is 1. The van der Waals surface area contributed by atoms with Crippen LogP contribution in [0.15, 0.2) is 24.4 Å². The van der Waals surface area contributed by atoms with E-state index in [4.69, 9.17) is 9.84 Å². The molecule has 5 heteroatoms. The number of benzene rings is 1. The van der Waals surface area contributed by atoms with Crippen molar-refractivity contribution in [2.24, 2.45) is 11.8 Å². The van der Waals surface area contributed by atoms with Crippen molar-refractivity contribution in [3.8, 4) is 0 Å². The molecule has 1 aromatic heterocycles. The monoisotopic (exact) mass is 370 g/mol. The number of esters is 1.